The van der Waals surface area contributed by atoms with E-state index < -0.39 is 4.92 Å². The summed E-state index contributed by atoms with van der Waals surface area (Å²) in [5.41, 5.74) is 4.63. The summed E-state index contributed by atoms with van der Waals surface area (Å²) in [5.74, 6) is 0. The van der Waals surface area contributed by atoms with Crippen LogP contribution in [-0.2, 0) is 19.4 Å². The van der Waals surface area contributed by atoms with E-state index in [2.05, 4.69) is 23.5 Å². The van der Waals surface area contributed by atoms with Crippen molar-refractivity contribution in [2.75, 3.05) is 5.32 Å². The maximum Gasteiger partial charge on any atom is 0.269 e. The number of benzene rings is 2. The van der Waals surface area contributed by atoms with Gasteiger partial charge in [-0.15, -0.1) is 0 Å². The molecule has 0 spiro atoms. The topological polar surface area (TPSA) is 55.2 Å². The molecule has 0 fully saturated rings. The number of anilines is 1. The predicted molar refractivity (Wildman–Crippen MR) is 83.9 cm³/mol. The number of nitrogens with one attached hydrogen (secondary N) is 1. The van der Waals surface area contributed by atoms with E-state index in [-0.39, 0.29) is 5.69 Å². The summed E-state index contributed by atoms with van der Waals surface area (Å²) in [6.07, 6.45) is 3.50. The first-order valence-electron chi connectivity index (χ1n) is 6.92. The molecule has 4 nitrogen and oxygen atoms in total. The average Bonchev–Trinajstić information content (AvgIpc) is 2.93. The lowest BCUT2D eigenvalue weighted by Gasteiger charge is -2.10. The fourth-order valence-electron chi connectivity index (χ4n) is 2.69. The number of non-ortho nitro benzene ring substituents is 1. The van der Waals surface area contributed by atoms with Crippen LogP contribution in [0.4, 0.5) is 11.4 Å². The number of aryl methyl sites for hydroxylation is 2. The number of halogens is 1. The van der Waals surface area contributed by atoms with Gasteiger partial charge in [0.25, 0.3) is 5.69 Å². The van der Waals surface area contributed by atoms with E-state index >= 15 is 0 Å². The molecule has 1 N–H and O–H groups in total. The Balaban J connectivity index is 1.75. The van der Waals surface area contributed by atoms with Crippen molar-refractivity contribution < 1.29 is 4.92 Å². The Hall–Kier alpha value is -2.07. The Morgan fingerprint density at radius 2 is 1.95 bits per heavy atom. The van der Waals surface area contributed by atoms with Crippen molar-refractivity contribution in [3.05, 3.63) is 68.2 Å². The highest BCUT2D eigenvalue weighted by atomic mass is 35.5. The third-order valence-corrected chi connectivity index (χ3v) is 4.19. The van der Waals surface area contributed by atoms with Gasteiger partial charge in [0.15, 0.2) is 0 Å². The van der Waals surface area contributed by atoms with Crippen LogP contribution < -0.4 is 5.32 Å². The van der Waals surface area contributed by atoms with Crippen LogP contribution in [0.3, 0.4) is 0 Å². The van der Waals surface area contributed by atoms with Crippen LogP contribution in [0.1, 0.15) is 23.1 Å². The lowest BCUT2D eigenvalue weighted by Crippen LogP contribution is -2.01. The SMILES string of the molecule is O=[N+]([O-])c1ccc(Cl)c(CNc2ccc3c(c2)CCC3)c1. The smallest absolute Gasteiger partial charge is 0.269 e. The number of rotatable bonds is 4. The molecule has 0 unspecified atom stereocenters. The van der Waals surface area contributed by atoms with Gasteiger partial charge in [-0.05, 0) is 54.2 Å². The molecule has 108 valence electrons. The highest BCUT2D eigenvalue weighted by Gasteiger charge is 2.12. The number of hydrogen-bond donors (Lipinski definition) is 1. The Morgan fingerprint density at radius 1 is 1.14 bits per heavy atom. The second-order valence-electron chi connectivity index (χ2n) is 5.22. The van der Waals surface area contributed by atoms with Gasteiger partial charge in [-0.3, -0.25) is 10.1 Å². The summed E-state index contributed by atoms with van der Waals surface area (Å²) in [6.45, 7) is 0.472. The van der Waals surface area contributed by atoms with Crippen LogP contribution in [-0.4, -0.2) is 4.92 Å². The number of nitro groups is 1. The predicted octanol–water partition coefficient (Wildman–Crippen LogP) is 4.35. The molecule has 3 rings (SSSR count). The molecule has 0 bridgehead atoms. The molecule has 1 aliphatic carbocycles. The van der Waals surface area contributed by atoms with E-state index in [1.807, 2.05) is 0 Å². The fraction of sp³-hybridized carbons (Fsp3) is 0.250. The summed E-state index contributed by atoms with van der Waals surface area (Å²) in [4.78, 5) is 10.4. The van der Waals surface area contributed by atoms with Crippen molar-refractivity contribution in [1.82, 2.24) is 0 Å². The summed E-state index contributed by atoms with van der Waals surface area (Å²) < 4.78 is 0. The van der Waals surface area contributed by atoms with Crippen molar-refractivity contribution in [2.24, 2.45) is 0 Å². The Labute approximate surface area is 127 Å². The first-order valence-corrected chi connectivity index (χ1v) is 7.30. The highest BCUT2D eigenvalue weighted by molar-refractivity contribution is 6.31. The molecule has 1 aliphatic rings. The van der Waals surface area contributed by atoms with Gasteiger partial charge in [0.05, 0.1) is 4.92 Å². The lowest BCUT2D eigenvalue weighted by atomic mass is 10.1. The molecule has 2 aromatic carbocycles. The Bertz CT molecular complexity index is 701. The largest absolute Gasteiger partial charge is 0.381 e. The normalized spacial score (nSPS) is 13.0. The fourth-order valence-corrected chi connectivity index (χ4v) is 2.87. The second kappa shape index (κ2) is 5.74. The van der Waals surface area contributed by atoms with Crippen LogP contribution in [0.15, 0.2) is 36.4 Å². The van der Waals surface area contributed by atoms with Crippen molar-refractivity contribution in [3.8, 4) is 0 Å². The number of fused-ring (bicyclic) bond motifs is 1. The monoisotopic (exact) mass is 302 g/mol. The van der Waals surface area contributed by atoms with E-state index in [9.17, 15) is 10.1 Å². The highest BCUT2D eigenvalue weighted by Crippen LogP contribution is 2.26. The van der Waals surface area contributed by atoms with Crippen molar-refractivity contribution in [1.29, 1.82) is 0 Å². The molecule has 0 saturated heterocycles. The van der Waals surface area contributed by atoms with Crippen LogP contribution in [0.5, 0.6) is 0 Å². The molecule has 5 heteroatoms. The van der Waals surface area contributed by atoms with Gasteiger partial charge in [-0.25, -0.2) is 0 Å². The van der Waals surface area contributed by atoms with Gasteiger partial charge in [-0.1, -0.05) is 17.7 Å². The van der Waals surface area contributed by atoms with Gasteiger partial charge in [0.1, 0.15) is 0 Å². The number of nitro benzene ring substituents is 1. The van der Waals surface area contributed by atoms with Crippen molar-refractivity contribution in [3.63, 3.8) is 0 Å². The van der Waals surface area contributed by atoms with E-state index in [0.717, 1.165) is 24.1 Å². The summed E-state index contributed by atoms with van der Waals surface area (Å²) >= 11 is 6.10. The first kappa shape index (κ1) is 13.9. The molecule has 2 aromatic rings. The van der Waals surface area contributed by atoms with E-state index in [1.165, 1.54) is 29.7 Å². The van der Waals surface area contributed by atoms with Crippen LogP contribution in [0.25, 0.3) is 0 Å². The van der Waals surface area contributed by atoms with Gasteiger partial charge in [0.2, 0.25) is 0 Å². The van der Waals surface area contributed by atoms with Gasteiger partial charge in [-0.2, -0.15) is 0 Å². The van der Waals surface area contributed by atoms with Crippen LogP contribution in [0, 0.1) is 10.1 Å². The third-order valence-electron chi connectivity index (χ3n) is 3.82. The molecule has 0 amide bonds. The van der Waals surface area contributed by atoms with E-state index in [4.69, 9.17) is 11.6 Å². The second-order valence-corrected chi connectivity index (χ2v) is 5.63. The van der Waals surface area contributed by atoms with Gasteiger partial charge < -0.3 is 5.32 Å². The molecule has 0 aromatic heterocycles. The van der Waals surface area contributed by atoms with E-state index in [1.54, 1.807) is 6.07 Å². The zero-order valence-corrected chi connectivity index (χ0v) is 12.2. The third kappa shape index (κ3) is 3.00. The standard InChI is InChI=1S/C16H15ClN2O2/c17-16-7-6-15(19(20)21)9-13(16)10-18-14-5-4-11-2-1-3-12(11)8-14/h4-9,18H,1-3,10H2. The molecule has 0 aliphatic heterocycles. The lowest BCUT2D eigenvalue weighted by molar-refractivity contribution is -0.384. The minimum Gasteiger partial charge on any atom is -0.381 e. The van der Waals surface area contributed by atoms with Crippen molar-refractivity contribution in [2.45, 2.75) is 25.8 Å². The maximum absolute atomic E-state index is 10.8. The zero-order chi connectivity index (χ0) is 14.8. The zero-order valence-electron chi connectivity index (χ0n) is 11.4. The summed E-state index contributed by atoms with van der Waals surface area (Å²) in [6, 6.07) is 10.9. The molecule has 0 radical (unpaired) electrons. The van der Waals surface area contributed by atoms with Crippen LogP contribution >= 0.6 is 11.6 Å². The first-order chi connectivity index (χ1) is 10.1. The van der Waals surface area contributed by atoms with Gasteiger partial charge >= 0.3 is 0 Å². The molecule has 0 saturated carbocycles. The summed E-state index contributed by atoms with van der Waals surface area (Å²) in [5, 5.41) is 14.6. The van der Waals surface area contributed by atoms with Crippen LogP contribution in [0.2, 0.25) is 5.02 Å². The Kier molecular flexibility index (Phi) is 3.80. The van der Waals surface area contributed by atoms with Crippen molar-refractivity contribution >= 4 is 23.0 Å². The average molecular weight is 303 g/mol. The molecular formula is C16H15ClN2O2. The minimum absolute atomic E-state index is 0.0603. The summed E-state index contributed by atoms with van der Waals surface area (Å²) in [7, 11) is 0. The molecule has 0 atom stereocenters. The molecular weight excluding hydrogens is 288 g/mol. The minimum atomic E-state index is -0.408. The maximum atomic E-state index is 10.8. The molecule has 21 heavy (non-hydrogen) atoms. The quantitative estimate of drug-likeness (QED) is 0.675. The van der Waals surface area contributed by atoms with Gasteiger partial charge in [0, 0.05) is 29.4 Å². The Morgan fingerprint density at radius 3 is 2.76 bits per heavy atom. The molecule has 0 heterocycles. The van der Waals surface area contributed by atoms with E-state index in [0.29, 0.717) is 11.6 Å². The number of nitrogens with zero attached hydrogens (tertiary/aromatic N) is 1. The number of hydrogen-bond acceptors (Lipinski definition) is 3.